The van der Waals surface area contributed by atoms with E-state index in [0.29, 0.717) is 5.56 Å². The van der Waals surface area contributed by atoms with Crippen LogP contribution in [-0.2, 0) is 107 Å². The highest BCUT2D eigenvalue weighted by molar-refractivity contribution is 7.03. The van der Waals surface area contributed by atoms with Gasteiger partial charge in [0.25, 0.3) is 0 Å². The van der Waals surface area contributed by atoms with Crippen LogP contribution in [0.4, 0.5) is 0 Å². The molecule has 500 valence electrons. The number of fused-ring (bicyclic) bond motifs is 6. The van der Waals surface area contributed by atoms with Gasteiger partial charge in [-0.05, 0) is 127 Å². The molecule has 2 aromatic heterocycles. The summed E-state index contributed by atoms with van der Waals surface area (Å²) in [7, 11) is -91.4. The van der Waals surface area contributed by atoms with Crippen molar-refractivity contribution in [2.45, 2.75) is 130 Å². The van der Waals surface area contributed by atoms with Gasteiger partial charge in [-0.25, -0.2) is 0 Å². The van der Waals surface area contributed by atoms with Gasteiger partial charge in [-0.1, -0.05) is 0 Å². The second kappa shape index (κ2) is 24.4. The minimum Gasteiger partial charge on any atom is -0.396 e. The third-order valence-corrected chi connectivity index (χ3v) is 80.4. The van der Waals surface area contributed by atoms with E-state index < -0.39 is 174 Å². The van der Waals surface area contributed by atoms with Crippen molar-refractivity contribution in [1.29, 1.82) is 0 Å². The SMILES string of the molecule is C[Si](C)(C)O[Si]12O[Si](C)(C)O[Si]3(O[Si](C)(C)C)O[Si](O)(O[Si]4(O)O[Si]56O[Si](O)(CCCN=Cc7ccncc7)O[Si]7(O[Si](C)(C)O[Si]8(O[Si](C)(C)O[Si](C)(O)O8)O7)O[Si](C)(O)O[Si](C)(O5)O[Si](O4)(O3)O6)O[Si](CCCN=Cc3ccncc3)(O[Si](C)(O)O1)O2. The summed E-state index contributed by atoms with van der Waals surface area (Å²) in [6.07, 6.45) is 9.58. The first-order valence-electron chi connectivity index (χ1n) is 27.9. The van der Waals surface area contributed by atoms with Gasteiger partial charge in [0.1, 0.15) is 0 Å². The zero-order valence-electron chi connectivity index (χ0n) is 51.6. The molecule has 8 aliphatic heterocycles. The highest BCUT2D eigenvalue weighted by Crippen LogP contribution is 2.51. The van der Waals surface area contributed by atoms with E-state index in [4.69, 9.17) is 107 Å². The van der Waals surface area contributed by atoms with Crippen molar-refractivity contribution in [2.24, 2.45) is 9.98 Å². The number of hydrogen-bond acceptors (Lipinski definition) is 36. The van der Waals surface area contributed by atoms with Crippen molar-refractivity contribution >= 4 is 180 Å². The van der Waals surface area contributed by atoms with Crippen LogP contribution in [0.1, 0.15) is 24.0 Å². The summed E-state index contributed by atoms with van der Waals surface area (Å²) in [5.74, 6) is 0. The molecule has 8 saturated heterocycles. The van der Waals surface area contributed by atoms with Crippen LogP contribution < -0.4 is 0 Å². The lowest BCUT2D eigenvalue weighted by Gasteiger charge is -2.58. The molecule has 0 radical (unpaired) electrons. The van der Waals surface area contributed by atoms with E-state index in [1.807, 2.05) is 19.6 Å². The molecular formula is C34H76N4O32Si19. The van der Waals surface area contributed by atoms with Crippen molar-refractivity contribution in [2.75, 3.05) is 13.1 Å². The lowest BCUT2D eigenvalue weighted by Crippen LogP contribution is -2.90. The summed E-state index contributed by atoms with van der Waals surface area (Å²) in [5, 5.41) is 0. The number of aromatic nitrogens is 2. The smallest absolute Gasteiger partial charge is 0.396 e. The number of hydrogen-bond donors (Lipinski definition) is 6. The Morgan fingerprint density at radius 2 is 0.798 bits per heavy atom. The normalized spacial score (nSPS) is 44.8. The topological polar surface area (TPSA) is 412 Å². The van der Waals surface area contributed by atoms with E-state index in [2.05, 4.69) is 20.0 Å². The van der Waals surface area contributed by atoms with Gasteiger partial charge in [-0.2, -0.15) is 0 Å². The van der Waals surface area contributed by atoms with Gasteiger partial charge in [0.05, 0.1) is 0 Å². The molecule has 10 rings (SSSR count). The van der Waals surface area contributed by atoms with Gasteiger partial charge in [0.15, 0.2) is 16.6 Å². The molecule has 4 spiro atoms. The van der Waals surface area contributed by atoms with E-state index in [9.17, 15) is 28.8 Å². The highest BCUT2D eigenvalue weighted by Gasteiger charge is 2.89. The number of pyridine rings is 2. The number of nitrogens with zero attached hydrogens (tertiary/aromatic N) is 4. The molecule has 6 N–H and O–H groups in total. The fourth-order valence-electron chi connectivity index (χ4n) is 9.79. The molecule has 2 aromatic rings. The van der Waals surface area contributed by atoms with Crippen LogP contribution in [0.15, 0.2) is 59.0 Å². The summed E-state index contributed by atoms with van der Waals surface area (Å²) in [4.78, 5) is 94.2. The largest absolute Gasteiger partial charge is 0.659 e. The maximum Gasteiger partial charge on any atom is 0.659 e. The van der Waals surface area contributed by atoms with Crippen LogP contribution in [0.5, 0.6) is 0 Å². The van der Waals surface area contributed by atoms with Crippen LogP contribution in [0, 0.1) is 0 Å². The molecule has 14 atom stereocenters. The number of rotatable bonds is 14. The highest BCUT2D eigenvalue weighted by atomic mass is 28.7. The van der Waals surface area contributed by atoms with Crippen LogP contribution >= 0.6 is 0 Å². The van der Waals surface area contributed by atoms with E-state index in [1.165, 1.54) is 32.7 Å². The summed E-state index contributed by atoms with van der Waals surface area (Å²) >= 11 is 0. The monoisotopic (exact) mass is 1580 g/mol. The maximum atomic E-state index is 13.6. The van der Waals surface area contributed by atoms with Crippen LogP contribution in [0.25, 0.3) is 0 Å². The average molecular weight is 1590 g/mol. The van der Waals surface area contributed by atoms with Gasteiger partial charge in [0.2, 0.25) is 0 Å². The molecule has 8 bridgehead atoms. The minimum atomic E-state index is -6.09. The van der Waals surface area contributed by atoms with Gasteiger partial charge >= 0.3 is 151 Å². The molecule has 0 aliphatic carbocycles. The molecule has 0 aromatic carbocycles. The standard InChI is InChI=1S/C34H76N4O32Si19/c1-71(2,3)45-84-49-74(9,10)50-85(46-72(4,5)6)65-82(43,62-81(63-84,54-78(15,41)57-84)30-18-24-38-32-34-21-27-36-28-22-34)64-83(44)66-88-58-79(16,59-89(67-83,68-85)70-88)53-77(14,40)56-87(60-80(42,61-88)29-17-23-37-31-33-19-25-35-26-20-33)52-75(11,12)51-86(69-87)48-73(7,8)47-76(13,39)55-86/h19-22,25-28,31-32,39-44H,17-18,23-24,29-30H2,1-16H3. The fraction of sp³-hybridized carbons (Fsp3) is 0.647. The van der Waals surface area contributed by atoms with Crippen molar-refractivity contribution < 1.29 is 136 Å². The Morgan fingerprint density at radius 1 is 0.393 bits per heavy atom. The average Bonchev–Trinajstić information content (AvgIpc) is 0.709. The van der Waals surface area contributed by atoms with E-state index in [1.54, 1.807) is 107 Å². The zero-order chi connectivity index (χ0) is 65.2. The van der Waals surface area contributed by atoms with Gasteiger partial charge in [0, 0.05) is 88.6 Å². The molecule has 0 amide bonds. The van der Waals surface area contributed by atoms with Crippen molar-refractivity contribution in [3.63, 3.8) is 0 Å². The Bertz CT molecular complexity index is 2960. The molecule has 10 heterocycles. The summed E-state index contributed by atoms with van der Waals surface area (Å²) in [5.41, 5.74) is 1.45. The van der Waals surface area contributed by atoms with Crippen molar-refractivity contribution in [3.8, 4) is 0 Å². The Balaban J connectivity index is 1.12. The fourth-order valence-corrected chi connectivity index (χ4v) is 93.8. The molecule has 36 nitrogen and oxygen atoms in total. The van der Waals surface area contributed by atoms with E-state index in [-0.39, 0.29) is 32.0 Å². The predicted molar refractivity (Wildman–Crippen MR) is 337 cm³/mol. The molecule has 0 saturated carbocycles. The predicted octanol–water partition coefficient (Wildman–Crippen LogP) is 0.702. The summed E-state index contributed by atoms with van der Waals surface area (Å²) < 4.78 is 171. The van der Waals surface area contributed by atoms with Gasteiger partial charge in [-0.3, -0.25) is 20.0 Å². The Hall–Kier alpha value is 0.481. The van der Waals surface area contributed by atoms with E-state index >= 15 is 0 Å². The van der Waals surface area contributed by atoms with Gasteiger partial charge < -0.3 is 136 Å². The summed E-state index contributed by atoms with van der Waals surface area (Å²) in [6, 6.07) is 6.15. The van der Waals surface area contributed by atoms with Crippen molar-refractivity contribution in [3.05, 3.63) is 60.2 Å². The molecule has 8 aliphatic rings. The Kier molecular flexibility index (Phi) is 19.8. The molecule has 8 fully saturated rings. The second-order valence-corrected chi connectivity index (χ2v) is 82.0. The third kappa shape index (κ3) is 18.2. The lowest BCUT2D eigenvalue weighted by molar-refractivity contribution is -0.113. The van der Waals surface area contributed by atoms with Crippen LogP contribution in [-0.4, -0.2) is 232 Å². The first-order valence-corrected chi connectivity index (χ1v) is 69.2. The maximum absolute atomic E-state index is 13.6. The molecular weight excluding hydrogens is 1510 g/mol. The van der Waals surface area contributed by atoms with Crippen LogP contribution in [0.3, 0.4) is 0 Å². The molecule has 55 heteroatoms. The van der Waals surface area contributed by atoms with Crippen molar-refractivity contribution in [1.82, 2.24) is 9.97 Å². The Morgan fingerprint density at radius 3 is 1.29 bits per heavy atom. The molecule has 89 heavy (non-hydrogen) atoms. The first-order chi connectivity index (χ1) is 40.5. The molecule has 14 unspecified atom stereocenters. The van der Waals surface area contributed by atoms with Crippen LogP contribution in [0.2, 0.25) is 117 Å². The number of aliphatic imine (C=N–C) groups is 2. The zero-order valence-corrected chi connectivity index (χ0v) is 70.6. The first kappa shape index (κ1) is 72.2. The minimum absolute atomic E-state index is 0.00828. The lowest BCUT2D eigenvalue weighted by atomic mass is 10.3. The second-order valence-electron chi connectivity index (χ2n) is 24.9. The Labute approximate surface area is 535 Å². The van der Waals surface area contributed by atoms with Gasteiger partial charge in [-0.15, -0.1) is 0 Å². The quantitative estimate of drug-likeness (QED) is 0.0861. The third-order valence-electron chi connectivity index (χ3n) is 11.8. The van der Waals surface area contributed by atoms with E-state index in [0.717, 1.165) is 12.1 Å². The summed E-state index contributed by atoms with van der Waals surface area (Å²) in [6.45, 7) is 25.1.